The lowest BCUT2D eigenvalue weighted by Crippen LogP contribution is -2.27. The van der Waals surface area contributed by atoms with Gasteiger partial charge in [-0.25, -0.2) is 0 Å². The van der Waals surface area contributed by atoms with Gasteiger partial charge in [-0.05, 0) is 44.0 Å². The molecule has 0 aliphatic carbocycles. The van der Waals surface area contributed by atoms with Crippen molar-refractivity contribution >= 4 is 0 Å². The lowest BCUT2D eigenvalue weighted by molar-refractivity contribution is 0.272. The van der Waals surface area contributed by atoms with Gasteiger partial charge in [0.25, 0.3) is 0 Å². The molecule has 0 spiro atoms. The summed E-state index contributed by atoms with van der Waals surface area (Å²) in [5.74, 6) is 0. The van der Waals surface area contributed by atoms with Gasteiger partial charge in [-0.3, -0.25) is 0 Å². The first-order chi connectivity index (χ1) is 8.21. The number of nitrogens with two attached hydrogens (primary N) is 1. The molecule has 1 aromatic rings. The number of hydrogen-bond donors (Lipinski definition) is 1. The standard InChI is InChI=1S/C16H28N2/c1-12(17)11-15(18(5)6)13-7-9-14(10-8-13)16(2,3)4/h7-10,12,15H,11,17H2,1-6H3. The Morgan fingerprint density at radius 2 is 1.61 bits per heavy atom. The van der Waals surface area contributed by atoms with Crippen molar-refractivity contribution in [3.63, 3.8) is 0 Å². The highest BCUT2D eigenvalue weighted by Gasteiger charge is 2.18. The van der Waals surface area contributed by atoms with E-state index in [1.54, 1.807) is 0 Å². The third-order valence-corrected chi connectivity index (χ3v) is 3.38. The van der Waals surface area contributed by atoms with Crippen molar-refractivity contribution in [1.29, 1.82) is 0 Å². The van der Waals surface area contributed by atoms with E-state index in [-0.39, 0.29) is 11.5 Å². The molecule has 1 aromatic carbocycles. The Bertz CT molecular complexity index is 358. The predicted molar refractivity (Wildman–Crippen MR) is 79.8 cm³/mol. The first-order valence-corrected chi connectivity index (χ1v) is 6.74. The zero-order chi connectivity index (χ0) is 13.9. The Balaban J connectivity index is 2.94. The number of hydrogen-bond acceptors (Lipinski definition) is 2. The molecule has 0 aromatic heterocycles. The first-order valence-electron chi connectivity index (χ1n) is 6.74. The van der Waals surface area contributed by atoms with Gasteiger partial charge in [-0.1, -0.05) is 45.0 Å². The summed E-state index contributed by atoms with van der Waals surface area (Å²) in [6.45, 7) is 8.80. The molecular formula is C16H28N2. The highest BCUT2D eigenvalue weighted by atomic mass is 15.1. The van der Waals surface area contributed by atoms with E-state index in [0.717, 1.165) is 6.42 Å². The van der Waals surface area contributed by atoms with Crippen LogP contribution in [-0.2, 0) is 5.41 Å². The molecule has 0 fully saturated rings. The summed E-state index contributed by atoms with van der Waals surface area (Å²) in [4.78, 5) is 2.25. The molecule has 2 heteroatoms. The van der Waals surface area contributed by atoms with Crippen LogP contribution in [0.3, 0.4) is 0 Å². The quantitative estimate of drug-likeness (QED) is 0.885. The van der Waals surface area contributed by atoms with Gasteiger partial charge in [0.1, 0.15) is 0 Å². The van der Waals surface area contributed by atoms with E-state index in [4.69, 9.17) is 5.73 Å². The third-order valence-electron chi connectivity index (χ3n) is 3.38. The number of benzene rings is 1. The van der Waals surface area contributed by atoms with E-state index in [1.165, 1.54) is 11.1 Å². The highest BCUT2D eigenvalue weighted by Crippen LogP contribution is 2.27. The van der Waals surface area contributed by atoms with Crippen molar-refractivity contribution in [1.82, 2.24) is 4.90 Å². The minimum atomic E-state index is 0.216. The smallest absolute Gasteiger partial charge is 0.0356 e. The fourth-order valence-electron chi connectivity index (χ4n) is 2.20. The van der Waals surface area contributed by atoms with Gasteiger partial charge < -0.3 is 10.6 Å². The van der Waals surface area contributed by atoms with Crippen molar-refractivity contribution in [3.8, 4) is 0 Å². The summed E-state index contributed by atoms with van der Waals surface area (Å²) in [6, 6.07) is 9.60. The maximum absolute atomic E-state index is 5.94. The maximum Gasteiger partial charge on any atom is 0.0356 e. The van der Waals surface area contributed by atoms with Crippen molar-refractivity contribution < 1.29 is 0 Å². The fraction of sp³-hybridized carbons (Fsp3) is 0.625. The third kappa shape index (κ3) is 4.11. The minimum Gasteiger partial charge on any atom is -0.328 e. The Hall–Kier alpha value is -0.860. The molecule has 2 nitrogen and oxygen atoms in total. The average molecular weight is 248 g/mol. The second-order valence-corrected chi connectivity index (χ2v) is 6.56. The van der Waals surface area contributed by atoms with Crippen molar-refractivity contribution in [2.75, 3.05) is 14.1 Å². The number of rotatable bonds is 4. The van der Waals surface area contributed by atoms with Crippen LogP contribution in [0.2, 0.25) is 0 Å². The first kappa shape index (κ1) is 15.2. The summed E-state index contributed by atoms with van der Waals surface area (Å²) in [6.07, 6.45) is 0.988. The molecule has 1 rings (SSSR count). The average Bonchev–Trinajstić information content (AvgIpc) is 2.24. The van der Waals surface area contributed by atoms with Crippen LogP contribution in [-0.4, -0.2) is 25.0 Å². The van der Waals surface area contributed by atoms with Gasteiger partial charge in [0.15, 0.2) is 0 Å². The van der Waals surface area contributed by atoms with E-state index in [1.807, 2.05) is 0 Å². The predicted octanol–water partition coefficient (Wildman–Crippen LogP) is 3.32. The monoisotopic (exact) mass is 248 g/mol. The molecule has 0 saturated heterocycles. The molecular weight excluding hydrogens is 220 g/mol. The van der Waals surface area contributed by atoms with Gasteiger partial charge in [0.2, 0.25) is 0 Å². The molecule has 2 unspecified atom stereocenters. The van der Waals surface area contributed by atoms with Crippen LogP contribution in [0.4, 0.5) is 0 Å². The molecule has 0 heterocycles. The van der Waals surface area contributed by atoms with Crippen LogP contribution >= 0.6 is 0 Å². The van der Waals surface area contributed by atoms with E-state index in [2.05, 4.69) is 71.0 Å². The van der Waals surface area contributed by atoms with Crippen LogP contribution in [0.25, 0.3) is 0 Å². The Kier molecular flexibility index (Phi) is 4.94. The second-order valence-electron chi connectivity index (χ2n) is 6.56. The maximum atomic E-state index is 5.94. The van der Waals surface area contributed by atoms with Gasteiger partial charge >= 0.3 is 0 Å². The van der Waals surface area contributed by atoms with E-state index >= 15 is 0 Å². The highest BCUT2D eigenvalue weighted by molar-refractivity contribution is 5.29. The lowest BCUT2D eigenvalue weighted by Gasteiger charge is -2.27. The van der Waals surface area contributed by atoms with Crippen LogP contribution < -0.4 is 5.73 Å². The summed E-state index contributed by atoms with van der Waals surface area (Å²) in [7, 11) is 4.23. The zero-order valence-electron chi connectivity index (χ0n) is 12.7. The van der Waals surface area contributed by atoms with E-state index in [0.29, 0.717) is 6.04 Å². The normalized spacial score (nSPS) is 15.8. The fourth-order valence-corrected chi connectivity index (χ4v) is 2.20. The van der Waals surface area contributed by atoms with E-state index < -0.39 is 0 Å². The Morgan fingerprint density at radius 1 is 1.11 bits per heavy atom. The SMILES string of the molecule is CC(N)CC(c1ccc(C(C)(C)C)cc1)N(C)C. The van der Waals surface area contributed by atoms with Crippen molar-refractivity contribution in [3.05, 3.63) is 35.4 Å². The van der Waals surface area contributed by atoms with Crippen LogP contribution in [0.15, 0.2) is 24.3 Å². The summed E-state index contributed by atoms with van der Waals surface area (Å²) >= 11 is 0. The van der Waals surface area contributed by atoms with Crippen molar-refractivity contribution in [2.45, 2.75) is 51.6 Å². The summed E-state index contributed by atoms with van der Waals surface area (Å²) < 4.78 is 0. The van der Waals surface area contributed by atoms with Gasteiger partial charge in [-0.15, -0.1) is 0 Å². The van der Waals surface area contributed by atoms with E-state index in [9.17, 15) is 0 Å². The van der Waals surface area contributed by atoms with Crippen molar-refractivity contribution in [2.24, 2.45) is 5.73 Å². The Morgan fingerprint density at radius 3 is 1.94 bits per heavy atom. The molecule has 0 saturated carbocycles. The molecule has 0 bridgehead atoms. The second kappa shape index (κ2) is 5.85. The minimum absolute atomic E-state index is 0.216. The molecule has 18 heavy (non-hydrogen) atoms. The zero-order valence-corrected chi connectivity index (χ0v) is 12.7. The van der Waals surface area contributed by atoms with Gasteiger partial charge in [0.05, 0.1) is 0 Å². The molecule has 0 amide bonds. The van der Waals surface area contributed by atoms with Crippen LogP contribution in [0, 0.1) is 0 Å². The van der Waals surface area contributed by atoms with Crippen LogP contribution in [0.1, 0.15) is 51.3 Å². The molecule has 102 valence electrons. The molecule has 0 radical (unpaired) electrons. The van der Waals surface area contributed by atoms with Crippen LogP contribution in [0.5, 0.6) is 0 Å². The molecule has 2 atom stereocenters. The molecule has 0 aliphatic heterocycles. The van der Waals surface area contributed by atoms with Gasteiger partial charge in [0, 0.05) is 12.1 Å². The lowest BCUT2D eigenvalue weighted by atomic mass is 9.86. The Labute approximate surface area is 112 Å². The molecule has 0 aliphatic rings. The molecule has 2 N–H and O–H groups in total. The number of nitrogens with zero attached hydrogens (tertiary/aromatic N) is 1. The largest absolute Gasteiger partial charge is 0.328 e. The van der Waals surface area contributed by atoms with Gasteiger partial charge in [-0.2, -0.15) is 0 Å². The summed E-state index contributed by atoms with van der Waals surface area (Å²) in [5, 5.41) is 0. The summed E-state index contributed by atoms with van der Waals surface area (Å²) in [5.41, 5.74) is 8.89. The topological polar surface area (TPSA) is 29.3 Å².